The van der Waals surface area contributed by atoms with Gasteiger partial charge in [-0.05, 0) is 38.0 Å². The molecule has 0 saturated heterocycles. The van der Waals surface area contributed by atoms with E-state index in [2.05, 4.69) is 6.92 Å². The van der Waals surface area contributed by atoms with Crippen LogP contribution in [0.4, 0.5) is 5.69 Å². The van der Waals surface area contributed by atoms with Gasteiger partial charge in [-0.3, -0.25) is 0 Å². The maximum absolute atomic E-state index is 11.9. The van der Waals surface area contributed by atoms with Crippen molar-refractivity contribution >= 4 is 23.3 Å². The summed E-state index contributed by atoms with van der Waals surface area (Å²) in [4.78, 5) is 11.9. The molecule has 0 aliphatic carbocycles. The summed E-state index contributed by atoms with van der Waals surface area (Å²) < 4.78 is 5.37. The molecule has 4 heteroatoms. The van der Waals surface area contributed by atoms with Crippen molar-refractivity contribution in [1.82, 2.24) is 0 Å². The molecule has 106 valence electrons. The summed E-state index contributed by atoms with van der Waals surface area (Å²) in [6.07, 6.45) is 5.54. The Bertz CT molecular complexity index is 421. The Balaban J connectivity index is 2.43. The Morgan fingerprint density at radius 1 is 1.37 bits per heavy atom. The van der Waals surface area contributed by atoms with E-state index < -0.39 is 0 Å². The topological polar surface area (TPSA) is 52.3 Å². The fourth-order valence-electron chi connectivity index (χ4n) is 1.84. The number of nitrogens with two attached hydrogens (primary N) is 1. The summed E-state index contributed by atoms with van der Waals surface area (Å²) in [5.74, 6) is -0.341. The van der Waals surface area contributed by atoms with Gasteiger partial charge in [-0.1, -0.05) is 37.8 Å². The van der Waals surface area contributed by atoms with Gasteiger partial charge in [-0.25, -0.2) is 4.79 Å². The SMILES string of the molecule is CCCCCCC(C)OC(=O)c1ccc(Cl)c(N)c1. The van der Waals surface area contributed by atoms with E-state index in [9.17, 15) is 4.79 Å². The molecule has 0 fully saturated rings. The zero-order valence-corrected chi connectivity index (χ0v) is 12.4. The van der Waals surface area contributed by atoms with E-state index in [1.807, 2.05) is 6.92 Å². The molecule has 0 saturated carbocycles. The monoisotopic (exact) mass is 283 g/mol. The second-order valence-corrected chi connectivity index (χ2v) is 5.21. The Morgan fingerprint density at radius 2 is 2.11 bits per heavy atom. The van der Waals surface area contributed by atoms with E-state index in [1.165, 1.54) is 19.3 Å². The minimum absolute atomic E-state index is 0.0683. The summed E-state index contributed by atoms with van der Waals surface area (Å²) in [6, 6.07) is 4.79. The van der Waals surface area contributed by atoms with Crippen LogP contribution in [0.2, 0.25) is 5.02 Å². The lowest BCUT2D eigenvalue weighted by molar-refractivity contribution is 0.0319. The fraction of sp³-hybridized carbons (Fsp3) is 0.533. The molecule has 2 N–H and O–H groups in total. The largest absolute Gasteiger partial charge is 0.459 e. The van der Waals surface area contributed by atoms with Gasteiger partial charge < -0.3 is 10.5 Å². The van der Waals surface area contributed by atoms with Gasteiger partial charge in [0.1, 0.15) is 0 Å². The minimum Gasteiger partial charge on any atom is -0.459 e. The molecule has 0 bridgehead atoms. The Hall–Kier alpha value is -1.22. The molecule has 0 heterocycles. The molecule has 0 amide bonds. The van der Waals surface area contributed by atoms with Crippen molar-refractivity contribution in [2.45, 2.75) is 52.1 Å². The number of esters is 1. The summed E-state index contributed by atoms with van der Waals surface area (Å²) in [5.41, 5.74) is 6.50. The van der Waals surface area contributed by atoms with Crippen molar-refractivity contribution in [3.05, 3.63) is 28.8 Å². The van der Waals surface area contributed by atoms with E-state index in [4.69, 9.17) is 22.1 Å². The van der Waals surface area contributed by atoms with Crippen LogP contribution in [0.25, 0.3) is 0 Å². The zero-order valence-electron chi connectivity index (χ0n) is 11.6. The van der Waals surface area contributed by atoms with E-state index in [1.54, 1.807) is 18.2 Å². The first-order valence-electron chi connectivity index (χ1n) is 6.80. The molecule has 1 atom stereocenters. The van der Waals surface area contributed by atoms with Crippen molar-refractivity contribution in [2.75, 3.05) is 5.73 Å². The molecule has 1 rings (SSSR count). The average Bonchev–Trinajstić information content (AvgIpc) is 2.38. The Morgan fingerprint density at radius 3 is 2.74 bits per heavy atom. The van der Waals surface area contributed by atoms with Crippen LogP contribution < -0.4 is 5.73 Å². The number of nitrogen functional groups attached to an aromatic ring is 1. The third-order valence-corrected chi connectivity index (χ3v) is 3.35. The smallest absolute Gasteiger partial charge is 0.338 e. The second kappa shape index (κ2) is 8.05. The van der Waals surface area contributed by atoms with Gasteiger partial charge in [-0.2, -0.15) is 0 Å². The molecule has 0 aliphatic heterocycles. The normalized spacial score (nSPS) is 12.2. The molecular weight excluding hydrogens is 262 g/mol. The first-order valence-corrected chi connectivity index (χ1v) is 7.18. The Labute approximate surface area is 120 Å². The van der Waals surface area contributed by atoms with Crippen LogP contribution >= 0.6 is 11.6 Å². The molecule has 1 aromatic rings. The molecule has 0 spiro atoms. The van der Waals surface area contributed by atoms with Crippen LogP contribution in [-0.4, -0.2) is 12.1 Å². The summed E-state index contributed by atoms with van der Waals surface area (Å²) >= 11 is 5.81. The maximum Gasteiger partial charge on any atom is 0.338 e. The highest BCUT2D eigenvalue weighted by Gasteiger charge is 2.12. The van der Waals surface area contributed by atoms with E-state index >= 15 is 0 Å². The first kappa shape index (κ1) is 15.8. The van der Waals surface area contributed by atoms with Crippen LogP contribution in [0.5, 0.6) is 0 Å². The van der Waals surface area contributed by atoms with Gasteiger partial charge in [0.15, 0.2) is 0 Å². The lowest BCUT2D eigenvalue weighted by atomic mass is 10.1. The number of ether oxygens (including phenoxy) is 1. The number of carbonyl (C=O) groups excluding carboxylic acids is 1. The van der Waals surface area contributed by atoms with Crippen LogP contribution in [-0.2, 0) is 4.74 Å². The summed E-state index contributed by atoms with van der Waals surface area (Å²) in [5, 5.41) is 0.448. The van der Waals surface area contributed by atoms with Gasteiger partial charge in [0.05, 0.1) is 22.4 Å². The average molecular weight is 284 g/mol. The summed E-state index contributed by atoms with van der Waals surface area (Å²) in [7, 11) is 0. The lowest BCUT2D eigenvalue weighted by Crippen LogP contribution is -2.15. The third-order valence-electron chi connectivity index (χ3n) is 3.00. The number of hydrogen-bond donors (Lipinski definition) is 1. The van der Waals surface area contributed by atoms with Crippen molar-refractivity contribution in [2.24, 2.45) is 0 Å². The van der Waals surface area contributed by atoms with Gasteiger partial charge in [-0.15, -0.1) is 0 Å². The third kappa shape index (κ3) is 5.52. The lowest BCUT2D eigenvalue weighted by Gasteiger charge is -2.13. The fourth-order valence-corrected chi connectivity index (χ4v) is 1.96. The minimum atomic E-state index is -0.341. The quantitative estimate of drug-likeness (QED) is 0.457. The van der Waals surface area contributed by atoms with Crippen LogP contribution in [0.15, 0.2) is 18.2 Å². The first-order chi connectivity index (χ1) is 9.04. The maximum atomic E-state index is 11.9. The number of unbranched alkanes of at least 4 members (excludes halogenated alkanes) is 3. The van der Waals surface area contributed by atoms with Gasteiger partial charge in [0, 0.05) is 0 Å². The van der Waals surface area contributed by atoms with Crippen molar-refractivity contribution in [3.8, 4) is 0 Å². The van der Waals surface area contributed by atoms with Crippen molar-refractivity contribution < 1.29 is 9.53 Å². The number of benzene rings is 1. The van der Waals surface area contributed by atoms with E-state index in [0.29, 0.717) is 16.3 Å². The van der Waals surface area contributed by atoms with Crippen LogP contribution in [0, 0.1) is 0 Å². The number of carbonyl (C=O) groups is 1. The molecule has 0 radical (unpaired) electrons. The van der Waals surface area contributed by atoms with Gasteiger partial charge >= 0.3 is 5.97 Å². The molecule has 19 heavy (non-hydrogen) atoms. The number of anilines is 1. The predicted octanol–water partition coefficient (Wildman–Crippen LogP) is 4.44. The van der Waals surface area contributed by atoms with Crippen LogP contribution in [0.1, 0.15) is 56.3 Å². The number of rotatable bonds is 7. The standard InChI is InChI=1S/C15H22ClNO2/c1-3-4-5-6-7-11(2)19-15(18)12-8-9-13(16)14(17)10-12/h8-11H,3-7,17H2,1-2H3. The molecule has 1 aromatic carbocycles. The van der Waals surface area contributed by atoms with E-state index in [0.717, 1.165) is 12.8 Å². The highest BCUT2D eigenvalue weighted by Crippen LogP contribution is 2.20. The molecular formula is C15H22ClNO2. The molecule has 3 nitrogen and oxygen atoms in total. The van der Waals surface area contributed by atoms with Crippen LogP contribution in [0.3, 0.4) is 0 Å². The number of hydrogen-bond acceptors (Lipinski definition) is 3. The number of halogens is 1. The van der Waals surface area contributed by atoms with Crippen molar-refractivity contribution in [1.29, 1.82) is 0 Å². The molecule has 0 aliphatic rings. The highest BCUT2D eigenvalue weighted by molar-refractivity contribution is 6.33. The summed E-state index contributed by atoms with van der Waals surface area (Å²) in [6.45, 7) is 4.09. The van der Waals surface area contributed by atoms with Gasteiger partial charge in [0.25, 0.3) is 0 Å². The molecule has 0 aromatic heterocycles. The van der Waals surface area contributed by atoms with Crippen molar-refractivity contribution in [3.63, 3.8) is 0 Å². The predicted molar refractivity (Wildman–Crippen MR) is 79.5 cm³/mol. The Kier molecular flexibility index (Phi) is 6.71. The molecule has 1 unspecified atom stereocenters. The zero-order chi connectivity index (χ0) is 14.3. The van der Waals surface area contributed by atoms with Gasteiger partial charge in [0.2, 0.25) is 0 Å². The van der Waals surface area contributed by atoms with E-state index in [-0.39, 0.29) is 12.1 Å². The highest BCUT2D eigenvalue weighted by atomic mass is 35.5. The second-order valence-electron chi connectivity index (χ2n) is 4.80.